The molecule has 6 nitrogen and oxygen atoms in total. The molecule has 2 aromatic heterocycles. The lowest BCUT2D eigenvalue weighted by atomic mass is 10.4. The van der Waals surface area contributed by atoms with Crippen molar-refractivity contribution in [3.8, 4) is 0 Å². The number of nitrogens with zero attached hydrogens (tertiary/aromatic N) is 4. The number of aliphatic imine (C=N–C) groups is 1. The summed E-state index contributed by atoms with van der Waals surface area (Å²) >= 11 is 5.14. The molecule has 0 amide bonds. The molecule has 0 aliphatic heterocycles. The van der Waals surface area contributed by atoms with Crippen LogP contribution in [0.15, 0.2) is 27.2 Å². The normalized spacial score (nSPS) is 11.1. The SMILES string of the molecule is CN=C(NCc1cc(Br)cs1)NCc1ncnn1C.I. The minimum absolute atomic E-state index is 0. The number of thiophene rings is 1. The molecule has 2 N–H and O–H groups in total. The molecule has 20 heavy (non-hydrogen) atoms. The molecule has 0 saturated heterocycles. The topological polar surface area (TPSA) is 67.1 Å². The van der Waals surface area contributed by atoms with Crippen molar-refractivity contribution in [2.45, 2.75) is 13.1 Å². The van der Waals surface area contributed by atoms with Crippen molar-refractivity contribution in [1.29, 1.82) is 0 Å². The van der Waals surface area contributed by atoms with E-state index in [9.17, 15) is 0 Å². The fourth-order valence-electron chi connectivity index (χ4n) is 1.48. The first-order valence-corrected chi connectivity index (χ1v) is 7.36. The highest BCUT2D eigenvalue weighted by Gasteiger charge is 2.03. The van der Waals surface area contributed by atoms with Crippen LogP contribution in [0.5, 0.6) is 0 Å². The summed E-state index contributed by atoms with van der Waals surface area (Å²) in [5, 5.41) is 12.5. The Kier molecular flexibility index (Phi) is 7.45. The van der Waals surface area contributed by atoms with E-state index in [4.69, 9.17) is 0 Å². The molecule has 0 spiro atoms. The Hall–Kier alpha value is -0.680. The Morgan fingerprint density at radius 1 is 1.45 bits per heavy atom. The minimum Gasteiger partial charge on any atom is -0.352 e. The Balaban J connectivity index is 0.00000200. The monoisotopic (exact) mass is 470 g/mol. The lowest BCUT2D eigenvalue weighted by Gasteiger charge is -2.10. The van der Waals surface area contributed by atoms with Crippen LogP contribution in [0.3, 0.4) is 0 Å². The third-order valence-corrected chi connectivity index (χ3v) is 4.19. The van der Waals surface area contributed by atoms with Gasteiger partial charge in [-0.05, 0) is 22.0 Å². The summed E-state index contributed by atoms with van der Waals surface area (Å²) in [6.07, 6.45) is 1.54. The second-order valence-corrected chi connectivity index (χ2v) is 5.72. The summed E-state index contributed by atoms with van der Waals surface area (Å²) in [5.41, 5.74) is 0. The molecule has 9 heteroatoms. The molecular formula is C11H16BrIN6S. The standard InChI is InChI=1S/C11H15BrN6S.HI/c1-13-11(14-4-9-3-8(12)6-19-9)15-5-10-16-7-17-18(10)2;/h3,6-7H,4-5H2,1-2H3,(H2,13,14,15);1H. The van der Waals surface area contributed by atoms with E-state index < -0.39 is 0 Å². The van der Waals surface area contributed by atoms with Gasteiger partial charge in [-0.15, -0.1) is 35.3 Å². The zero-order valence-electron chi connectivity index (χ0n) is 11.1. The number of aromatic nitrogens is 3. The smallest absolute Gasteiger partial charge is 0.191 e. The molecule has 0 atom stereocenters. The number of hydrogen-bond donors (Lipinski definition) is 2. The number of halogens is 2. The van der Waals surface area contributed by atoms with E-state index in [0.29, 0.717) is 6.54 Å². The quantitative estimate of drug-likeness (QED) is 0.408. The van der Waals surface area contributed by atoms with Crippen molar-refractivity contribution in [3.05, 3.63) is 32.9 Å². The maximum atomic E-state index is 4.17. The molecule has 0 aliphatic rings. The Morgan fingerprint density at radius 3 is 2.75 bits per heavy atom. The van der Waals surface area contributed by atoms with Crippen molar-refractivity contribution in [2.24, 2.45) is 12.0 Å². The third-order valence-electron chi connectivity index (χ3n) is 2.49. The summed E-state index contributed by atoms with van der Waals surface area (Å²) in [4.78, 5) is 9.56. The van der Waals surface area contributed by atoms with Crippen LogP contribution in [-0.4, -0.2) is 27.8 Å². The van der Waals surface area contributed by atoms with Crippen LogP contribution in [-0.2, 0) is 20.1 Å². The maximum Gasteiger partial charge on any atom is 0.191 e. The summed E-state index contributed by atoms with van der Waals surface area (Å²) in [7, 11) is 3.61. The van der Waals surface area contributed by atoms with E-state index in [0.717, 1.165) is 22.8 Å². The van der Waals surface area contributed by atoms with Crippen molar-refractivity contribution in [3.63, 3.8) is 0 Å². The molecule has 2 rings (SSSR count). The first-order valence-electron chi connectivity index (χ1n) is 5.69. The average Bonchev–Trinajstić information content (AvgIpc) is 2.99. The van der Waals surface area contributed by atoms with Gasteiger partial charge >= 0.3 is 0 Å². The number of aryl methyl sites for hydroxylation is 1. The van der Waals surface area contributed by atoms with Crippen molar-refractivity contribution in [1.82, 2.24) is 25.4 Å². The highest BCUT2D eigenvalue weighted by molar-refractivity contribution is 14.0. The van der Waals surface area contributed by atoms with Gasteiger partial charge in [-0.2, -0.15) is 5.10 Å². The van der Waals surface area contributed by atoms with E-state index in [-0.39, 0.29) is 24.0 Å². The molecule has 0 fully saturated rings. The van der Waals surface area contributed by atoms with Crippen LogP contribution in [0, 0.1) is 0 Å². The summed E-state index contributed by atoms with van der Waals surface area (Å²) in [6, 6.07) is 2.09. The predicted molar refractivity (Wildman–Crippen MR) is 95.5 cm³/mol. The van der Waals surface area contributed by atoms with E-state index in [1.54, 1.807) is 23.1 Å². The predicted octanol–water partition coefficient (Wildman–Crippen LogP) is 2.12. The molecule has 0 bridgehead atoms. The minimum atomic E-state index is 0. The molecular weight excluding hydrogens is 455 g/mol. The van der Waals surface area contributed by atoms with Crippen molar-refractivity contribution >= 4 is 57.2 Å². The molecule has 2 heterocycles. The van der Waals surface area contributed by atoms with Gasteiger partial charge in [0.15, 0.2) is 5.96 Å². The van der Waals surface area contributed by atoms with Gasteiger partial charge in [0.05, 0.1) is 13.1 Å². The van der Waals surface area contributed by atoms with Gasteiger partial charge in [-0.25, -0.2) is 4.98 Å². The van der Waals surface area contributed by atoms with E-state index in [1.807, 2.05) is 7.05 Å². The largest absolute Gasteiger partial charge is 0.352 e. The molecule has 110 valence electrons. The van der Waals surface area contributed by atoms with Crippen LogP contribution in [0.2, 0.25) is 0 Å². The maximum absolute atomic E-state index is 4.17. The zero-order valence-corrected chi connectivity index (χ0v) is 15.9. The van der Waals surface area contributed by atoms with Crippen LogP contribution < -0.4 is 10.6 Å². The van der Waals surface area contributed by atoms with Crippen molar-refractivity contribution < 1.29 is 0 Å². The van der Waals surface area contributed by atoms with Crippen LogP contribution in [0.4, 0.5) is 0 Å². The Bertz CT molecular complexity index is 567. The zero-order chi connectivity index (χ0) is 13.7. The van der Waals surface area contributed by atoms with Crippen molar-refractivity contribution in [2.75, 3.05) is 7.05 Å². The van der Waals surface area contributed by atoms with Crippen LogP contribution >= 0.6 is 51.2 Å². The number of nitrogens with one attached hydrogen (secondary N) is 2. The van der Waals surface area contributed by atoms with Gasteiger partial charge in [0.25, 0.3) is 0 Å². The highest BCUT2D eigenvalue weighted by atomic mass is 127. The fraction of sp³-hybridized carbons (Fsp3) is 0.364. The van der Waals surface area contributed by atoms with Gasteiger partial charge in [0.1, 0.15) is 12.2 Å². The van der Waals surface area contributed by atoms with E-state index >= 15 is 0 Å². The third kappa shape index (κ3) is 5.02. The van der Waals surface area contributed by atoms with Gasteiger partial charge in [-0.3, -0.25) is 9.67 Å². The molecule has 2 aromatic rings. The first-order chi connectivity index (χ1) is 9.19. The van der Waals surface area contributed by atoms with E-state index in [1.165, 1.54) is 11.2 Å². The van der Waals surface area contributed by atoms with Gasteiger partial charge < -0.3 is 10.6 Å². The lowest BCUT2D eigenvalue weighted by molar-refractivity contribution is 0.673. The highest BCUT2D eigenvalue weighted by Crippen LogP contribution is 2.19. The molecule has 0 aromatic carbocycles. The fourth-order valence-corrected chi connectivity index (χ4v) is 2.87. The van der Waals surface area contributed by atoms with Gasteiger partial charge in [-0.1, -0.05) is 0 Å². The molecule has 0 saturated carbocycles. The second-order valence-electron chi connectivity index (χ2n) is 3.81. The number of hydrogen-bond acceptors (Lipinski definition) is 4. The second kappa shape index (κ2) is 8.57. The summed E-state index contributed by atoms with van der Waals surface area (Å²) in [5.74, 6) is 1.61. The number of rotatable bonds is 4. The first kappa shape index (κ1) is 17.4. The van der Waals surface area contributed by atoms with E-state index in [2.05, 4.69) is 53.1 Å². The molecule has 0 aliphatic carbocycles. The van der Waals surface area contributed by atoms with Gasteiger partial charge in [0, 0.05) is 28.8 Å². The Morgan fingerprint density at radius 2 is 2.20 bits per heavy atom. The van der Waals surface area contributed by atoms with Crippen LogP contribution in [0.1, 0.15) is 10.7 Å². The summed E-state index contributed by atoms with van der Waals surface area (Å²) in [6.45, 7) is 1.33. The Labute approximate surface area is 147 Å². The molecule has 0 unspecified atom stereocenters. The van der Waals surface area contributed by atoms with Gasteiger partial charge in [0.2, 0.25) is 0 Å². The lowest BCUT2D eigenvalue weighted by Crippen LogP contribution is -2.36. The van der Waals surface area contributed by atoms with Crippen LogP contribution in [0.25, 0.3) is 0 Å². The molecule has 0 radical (unpaired) electrons. The number of guanidine groups is 1. The summed E-state index contributed by atoms with van der Waals surface area (Å²) < 4.78 is 2.84. The average molecular weight is 471 g/mol.